The molecule has 2 rings (SSSR count). The second-order valence-electron chi connectivity index (χ2n) is 3.71. The first kappa shape index (κ1) is 25.1. The van der Waals surface area contributed by atoms with Crippen LogP contribution in [0.25, 0.3) is 0 Å². The smallest absolute Gasteiger partial charge is 1.00 e. The average molecular weight is 421 g/mol. The molecule has 0 aliphatic carbocycles. The molecule has 0 saturated carbocycles. The molecule has 0 bridgehead atoms. The molecule has 0 spiro atoms. The molecule has 20 heavy (non-hydrogen) atoms. The second kappa shape index (κ2) is 17.2. The van der Waals surface area contributed by atoms with Gasteiger partial charge in [0.25, 0.3) is 0 Å². The van der Waals surface area contributed by atoms with Crippen molar-refractivity contribution >= 4 is 19.2 Å². The van der Waals surface area contributed by atoms with E-state index in [-0.39, 0.29) is 45.2 Å². The van der Waals surface area contributed by atoms with Gasteiger partial charge in [0, 0.05) is 0 Å². The van der Waals surface area contributed by atoms with E-state index >= 15 is 0 Å². The summed E-state index contributed by atoms with van der Waals surface area (Å²) in [5.74, 6) is 0. The van der Waals surface area contributed by atoms with Crippen molar-refractivity contribution in [1.29, 1.82) is 0 Å². The van der Waals surface area contributed by atoms with Gasteiger partial charge in [-0.1, -0.05) is 82.6 Å². The van der Waals surface area contributed by atoms with Crippen LogP contribution in [-0.4, -0.2) is 0 Å². The molecule has 0 unspecified atom stereocenters. The zero-order valence-corrected chi connectivity index (χ0v) is 15.5. The van der Waals surface area contributed by atoms with Gasteiger partial charge in [-0.2, -0.15) is 6.42 Å². The van der Waals surface area contributed by atoms with Crippen LogP contribution in [0.3, 0.4) is 0 Å². The first-order valence-corrected chi connectivity index (χ1v) is 7.03. The fourth-order valence-electron chi connectivity index (χ4n) is 1.21. The third-order valence-electron chi connectivity index (χ3n) is 2.19. The van der Waals surface area contributed by atoms with E-state index in [1.54, 1.807) is 0 Å². The summed E-state index contributed by atoms with van der Waals surface area (Å²) in [6, 6.07) is 21.2. The fraction of sp³-hybridized carbons (Fsp3) is 0.188. The molecular weight excluding hydrogens is 400 g/mol. The van der Waals surface area contributed by atoms with Crippen molar-refractivity contribution < 1.29 is 45.2 Å². The largest absolute Gasteiger partial charge is 2.00 e. The molecule has 0 aliphatic heterocycles. The molecule has 2 aromatic carbocycles. The minimum Gasteiger partial charge on any atom is -1.00 e. The summed E-state index contributed by atoms with van der Waals surface area (Å²) in [5.41, 5.74) is 0. The van der Waals surface area contributed by atoms with Crippen LogP contribution in [-0.2, 0) is 20.4 Å². The van der Waals surface area contributed by atoms with Gasteiger partial charge in [0.05, 0.1) is 0 Å². The molecule has 0 N–H and O–H groups in total. The maximum atomic E-state index is 3.60. The van der Waals surface area contributed by atoms with Crippen molar-refractivity contribution in [3.05, 3.63) is 67.6 Å². The van der Waals surface area contributed by atoms with E-state index in [9.17, 15) is 0 Å². The van der Waals surface area contributed by atoms with Crippen molar-refractivity contribution in [1.82, 2.24) is 0 Å². The maximum Gasteiger partial charge on any atom is 2.00 e. The standard InChI is InChI=1S/C12H11P.C4H9.2ClH.Pd/c1-3-7-11(8-4-1)13-12-9-5-2-6-10-12;1-3-4-2;;;/h1-10,13H;1,3-4H2,2H3;2*1H;/q;-1;;;+2/p-2. The summed E-state index contributed by atoms with van der Waals surface area (Å²) in [6.45, 7) is 5.72. The molecule has 0 nitrogen and oxygen atoms in total. The number of hydrogen-bond acceptors (Lipinski definition) is 0. The van der Waals surface area contributed by atoms with E-state index in [0.717, 1.165) is 15.0 Å². The van der Waals surface area contributed by atoms with Crippen molar-refractivity contribution in [2.45, 2.75) is 19.8 Å². The molecule has 0 aliphatic rings. The second-order valence-corrected chi connectivity index (χ2v) is 5.12. The van der Waals surface area contributed by atoms with E-state index in [1.807, 2.05) is 0 Å². The van der Waals surface area contributed by atoms with E-state index in [4.69, 9.17) is 0 Å². The topological polar surface area (TPSA) is 0 Å². The number of hydrogen-bond donors (Lipinski definition) is 0. The Morgan fingerprint density at radius 2 is 1.10 bits per heavy atom. The molecule has 0 radical (unpaired) electrons. The summed E-state index contributed by atoms with van der Waals surface area (Å²) < 4.78 is 0. The Labute approximate surface area is 151 Å². The van der Waals surface area contributed by atoms with E-state index < -0.39 is 0 Å². The van der Waals surface area contributed by atoms with Gasteiger partial charge in [-0.05, 0) is 10.6 Å². The summed E-state index contributed by atoms with van der Waals surface area (Å²) in [5, 5.41) is 2.79. The van der Waals surface area contributed by atoms with Gasteiger partial charge in [-0.15, -0.1) is 0 Å². The first-order chi connectivity index (χ1) is 8.36. The van der Waals surface area contributed by atoms with E-state index in [1.165, 1.54) is 17.0 Å². The molecular formula is C16H20Cl2PPd-. The maximum absolute atomic E-state index is 3.60. The average Bonchev–Trinajstić information content (AvgIpc) is 2.41. The van der Waals surface area contributed by atoms with Crippen LogP contribution in [0.5, 0.6) is 0 Å². The monoisotopic (exact) mass is 419 g/mol. The molecule has 0 heterocycles. The number of unbranched alkanes of at least 4 members (excludes halogenated alkanes) is 1. The third kappa shape index (κ3) is 11.9. The van der Waals surface area contributed by atoms with Crippen molar-refractivity contribution in [2.24, 2.45) is 0 Å². The van der Waals surface area contributed by atoms with Crippen LogP contribution >= 0.6 is 8.58 Å². The molecule has 0 saturated heterocycles. The Bertz CT molecular complexity index is 356. The first-order valence-electron chi connectivity index (χ1n) is 6.03. The quantitative estimate of drug-likeness (QED) is 0.305. The SMILES string of the molecule is [CH2-]CCC.[Cl-].[Cl-].[Pd+2].c1ccc(Pc2ccccc2)cc1. The van der Waals surface area contributed by atoms with Crippen molar-refractivity contribution in [3.8, 4) is 0 Å². The predicted octanol–water partition coefficient (Wildman–Crippen LogP) is -2.06. The molecule has 0 fully saturated rings. The molecule has 4 heteroatoms. The van der Waals surface area contributed by atoms with Gasteiger partial charge < -0.3 is 31.7 Å². The van der Waals surface area contributed by atoms with Crippen LogP contribution in [0, 0.1) is 6.92 Å². The summed E-state index contributed by atoms with van der Waals surface area (Å²) in [6.07, 6.45) is 2.28. The summed E-state index contributed by atoms with van der Waals surface area (Å²) in [7, 11) is 0.777. The Morgan fingerprint density at radius 1 is 0.800 bits per heavy atom. The molecule has 0 amide bonds. The van der Waals surface area contributed by atoms with Gasteiger partial charge in [-0.3, -0.25) is 0 Å². The molecule has 2 aromatic rings. The van der Waals surface area contributed by atoms with Crippen LogP contribution in [0.1, 0.15) is 19.8 Å². The van der Waals surface area contributed by atoms with E-state index in [0.29, 0.717) is 0 Å². The normalized spacial score (nSPS) is 7.90. The predicted molar refractivity (Wildman–Crippen MR) is 80.7 cm³/mol. The summed E-state index contributed by atoms with van der Waals surface area (Å²) in [4.78, 5) is 0. The Hall–Kier alpha value is 0.112. The van der Waals surface area contributed by atoms with Crippen LogP contribution in [0.2, 0.25) is 0 Å². The summed E-state index contributed by atoms with van der Waals surface area (Å²) >= 11 is 0. The van der Waals surface area contributed by atoms with Crippen molar-refractivity contribution in [2.75, 3.05) is 0 Å². The van der Waals surface area contributed by atoms with Crippen LogP contribution in [0.15, 0.2) is 60.7 Å². The molecule has 114 valence electrons. The van der Waals surface area contributed by atoms with Gasteiger partial charge in [0.15, 0.2) is 0 Å². The van der Waals surface area contributed by atoms with Gasteiger partial charge in [0.1, 0.15) is 0 Å². The zero-order valence-electron chi connectivity index (χ0n) is 11.5. The van der Waals surface area contributed by atoms with Gasteiger partial charge in [-0.25, -0.2) is 0 Å². The number of halogens is 2. The Morgan fingerprint density at radius 3 is 1.35 bits per heavy atom. The minimum atomic E-state index is 0. The molecule has 0 aromatic heterocycles. The molecule has 0 atom stereocenters. The minimum absolute atomic E-state index is 0. The van der Waals surface area contributed by atoms with Crippen LogP contribution < -0.4 is 35.4 Å². The third-order valence-corrected chi connectivity index (χ3v) is 3.43. The Balaban J connectivity index is -0.000000372. The fourth-order valence-corrected chi connectivity index (χ4v) is 2.26. The van der Waals surface area contributed by atoms with E-state index in [2.05, 4.69) is 74.5 Å². The van der Waals surface area contributed by atoms with Gasteiger partial charge >= 0.3 is 20.4 Å². The zero-order chi connectivity index (χ0) is 12.3. The number of benzene rings is 2. The van der Waals surface area contributed by atoms with Gasteiger partial charge in [0.2, 0.25) is 0 Å². The number of rotatable bonds is 3. The Kier molecular flexibility index (Phi) is 21.5. The van der Waals surface area contributed by atoms with Crippen molar-refractivity contribution in [3.63, 3.8) is 0 Å². The van der Waals surface area contributed by atoms with Crippen LogP contribution in [0.4, 0.5) is 0 Å².